The summed E-state index contributed by atoms with van der Waals surface area (Å²) < 4.78 is 37.6. The summed E-state index contributed by atoms with van der Waals surface area (Å²) in [5, 5.41) is 8.58. The lowest BCUT2D eigenvalue weighted by atomic mass is 10.1. The minimum atomic E-state index is -4.45. The van der Waals surface area contributed by atoms with Gasteiger partial charge in [-0.05, 0) is 40.3 Å². The van der Waals surface area contributed by atoms with Crippen molar-refractivity contribution in [3.63, 3.8) is 0 Å². The van der Waals surface area contributed by atoms with Crippen molar-refractivity contribution in [3.8, 4) is 6.07 Å². The first-order valence-electron chi connectivity index (χ1n) is 3.76. The first kappa shape index (κ1) is 12.6. The molecule has 0 heterocycles. The van der Waals surface area contributed by atoms with Gasteiger partial charge in [-0.15, -0.1) is 11.6 Å². The summed E-state index contributed by atoms with van der Waals surface area (Å²) in [4.78, 5) is 0. The summed E-state index contributed by atoms with van der Waals surface area (Å²) in [5.74, 6) is -0.0448. The van der Waals surface area contributed by atoms with Crippen molar-refractivity contribution in [2.75, 3.05) is 0 Å². The molecular weight excluding hydrogens is 341 g/mol. The Labute approximate surface area is 103 Å². The van der Waals surface area contributed by atoms with Crippen LogP contribution in [0.3, 0.4) is 0 Å². The summed E-state index contributed by atoms with van der Waals surface area (Å²) >= 11 is 7.09. The molecule has 0 bridgehead atoms. The Kier molecular flexibility index (Phi) is 3.84. The van der Waals surface area contributed by atoms with Crippen molar-refractivity contribution >= 4 is 34.2 Å². The molecule has 0 amide bonds. The summed E-state index contributed by atoms with van der Waals surface area (Å²) in [6.07, 6.45) is -4.45. The minimum Gasteiger partial charge on any atom is -0.192 e. The third kappa shape index (κ3) is 2.75. The van der Waals surface area contributed by atoms with Gasteiger partial charge in [0.15, 0.2) is 0 Å². The molecule has 15 heavy (non-hydrogen) atoms. The predicted octanol–water partition coefficient (Wildman–Crippen LogP) is 3.92. The number of benzene rings is 1. The van der Waals surface area contributed by atoms with E-state index in [-0.39, 0.29) is 15.0 Å². The lowest BCUT2D eigenvalue weighted by Crippen LogP contribution is -2.09. The fraction of sp³-hybridized carbons (Fsp3) is 0.222. The van der Waals surface area contributed by atoms with Crippen molar-refractivity contribution in [1.29, 1.82) is 5.26 Å². The standard InChI is InChI=1S/C9H4ClF3IN/c10-3-6-1-5(4-15)2-7(8(6)14)9(11,12)13/h1-2H,3H2. The second kappa shape index (κ2) is 4.58. The zero-order chi connectivity index (χ0) is 11.6. The normalized spacial score (nSPS) is 11.2. The number of halogens is 5. The van der Waals surface area contributed by atoms with Crippen LogP contribution in [0, 0.1) is 14.9 Å². The molecule has 0 saturated heterocycles. The van der Waals surface area contributed by atoms with Crippen molar-refractivity contribution in [3.05, 3.63) is 32.4 Å². The Balaban J connectivity index is 3.46. The second-order valence-electron chi connectivity index (χ2n) is 2.74. The molecule has 0 N–H and O–H groups in total. The highest BCUT2D eigenvalue weighted by molar-refractivity contribution is 14.1. The van der Waals surface area contributed by atoms with E-state index in [1.54, 1.807) is 28.7 Å². The maximum Gasteiger partial charge on any atom is 0.417 e. The fourth-order valence-corrected chi connectivity index (χ4v) is 2.30. The van der Waals surface area contributed by atoms with Gasteiger partial charge in [0.2, 0.25) is 0 Å². The Hall–Kier alpha value is -0.480. The molecule has 1 aromatic rings. The molecule has 0 spiro atoms. The van der Waals surface area contributed by atoms with Crippen molar-refractivity contribution in [2.45, 2.75) is 12.1 Å². The van der Waals surface area contributed by atoms with Gasteiger partial charge in [0, 0.05) is 9.45 Å². The van der Waals surface area contributed by atoms with Gasteiger partial charge in [-0.2, -0.15) is 18.4 Å². The third-order valence-corrected chi connectivity index (χ3v) is 3.29. The molecule has 0 aromatic heterocycles. The lowest BCUT2D eigenvalue weighted by Gasteiger charge is -2.12. The highest BCUT2D eigenvalue weighted by Crippen LogP contribution is 2.35. The Bertz CT molecular complexity index is 423. The molecule has 0 saturated carbocycles. The molecular formula is C9H4ClF3IN. The average molecular weight is 345 g/mol. The van der Waals surface area contributed by atoms with Crippen molar-refractivity contribution < 1.29 is 13.2 Å². The molecule has 1 rings (SSSR count). The molecule has 80 valence electrons. The number of hydrogen-bond donors (Lipinski definition) is 0. The molecule has 1 aromatic carbocycles. The molecule has 0 unspecified atom stereocenters. The van der Waals surface area contributed by atoms with E-state index in [1.807, 2.05) is 0 Å². The van der Waals surface area contributed by atoms with E-state index in [1.165, 1.54) is 6.07 Å². The van der Waals surface area contributed by atoms with Gasteiger partial charge in [-0.3, -0.25) is 0 Å². The largest absolute Gasteiger partial charge is 0.417 e. The molecule has 1 nitrogen and oxygen atoms in total. The third-order valence-electron chi connectivity index (χ3n) is 1.73. The summed E-state index contributed by atoms with van der Waals surface area (Å²) in [7, 11) is 0. The fourth-order valence-electron chi connectivity index (χ4n) is 1.05. The van der Waals surface area contributed by atoms with E-state index in [0.717, 1.165) is 6.07 Å². The summed E-state index contributed by atoms with van der Waals surface area (Å²) in [6.45, 7) is 0. The van der Waals surface area contributed by atoms with E-state index in [9.17, 15) is 13.2 Å². The van der Waals surface area contributed by atoms with Crippen LogP contribution >= 0.6 is 34.2 Å². The van der Waals surface area contributed by atoms with Crippen LogP contribution in [0.2, 0.25) is 0 Å². The first-order valence-corrected chi connectivity index (χ1v) is 5.37. The monoisotopic (exact) mass is 345 g/mol. The van der Waals surface area contributed by atoms with Gasteiger partial charge < -0.3 is 0 Å². The van der Waals surface area contributed by atoms with Crippen LogP contribution in [-0.4, -0.2) is 0 Å². The lowest BCUT2D eigenvalue weighted by molar-refractivity contribution is -0.138. The van der Waals surface area contributed by atoms with Crippen LogP contribution < -0.4 is 0 Å². The van der Waals surface area contributed by atoms with Crippen molar-refractivity contribution in [1.82, 2.24) is 0 Å². The maximum absolute atomic E-state index is 12.5. The van der Waals surface area contributed by atoms with Crippen LogP contribution in [-0.2, 0) is 12.1 Å². The second-order valence-corrected chi connectivity index (χ2v) is 4.09. The number of alkyl halides is 4. The molecule has 0 atom stereocenters. The minimum absolute atomic E-state index is 0.0293. The van der Waals surface area contributed by atoms with Gasteiger partial charge in [0.25, 0.3) is 0 Å². The molecule has 0 aliphatic rings. The van der Waals surface area contributed by atoms with Crippen molar-refractivity contribution in [2.24, 2.45) is 0 Å². The van der Waals surface area contributed by atoms with Crippen LogP contribution in [0.25, 0.3) is 0 Å². The molecule has 6 heteroatoms. The van der Waals surface area contributed by atoms with Gasteiger partial charge >= 0.3 is 6.18 Å². The molecule has 0 radical (unpaired) electrons. The zero-order valence-electron chi connectivity index (χ0n) is 7.20. The van der Waals surface area contributed by atoms with Gasteiger partial charge in [0.1, 0.15) is 0 Å². The number of hydrogen-bond acceptors (Lipinski definition) is 1. The Morgan fingerprint density at radius 3 is 2.40 bits per heavy atom. The smallest absolute Gasteiger partial charge is 0.192 e. The highest BCUT2D eigenvalue weighted by atomic mass is 127. The van der Waals surface area contributed by atoms with Gasteiger partial charge in [-0.25, -0.2) is 0 Å². The summed E-state index contributed by atoms with van der Waals surface area (Å²) in [6, 6.07) is 3.88. The van der Waals surface area contributed by atoms with E-state index in [4.69, 9.17) is 16.9 Å². The number of nitriles is 1. The highest BCUT2D eigenvalue weighted by Gasteiger charge is 2.34. The summed E-state index contributed by atoms with van der Waals surface area (Å²) in [5.41, 5.74) is -0.514. The molecule has 0 aliphatic heterocycles. The van der Waals surface area contributed by atoms with E-state index in [0.29, 0.717) is 5.56 Å². The van der Waals surface area contributed by atoms with Crippen LogP contribution in [0.15, 0.2) is 12.1 Å². The van der Waals surface area contributed by atoms with Crippen LogP contribution in [0.1, 0.15) is 16.7 Å². The van der Waals surface area contributed by atoms with Crippen LogP contribution in [0.4, 0.5) is 13.2 Å². The maximum atomic E-state index is 12.5. The van der Waals surface area contributed by atoms with E-state index >= 15 is 0 Å². The van der Waals surface area contributed by atoms with E-state index in [2.05, 4.69) is 0 Å². The van der Waals surface area contributed by atoms with Crippen LogP contribution in [0.5, 0.6) is 0 Å². The SMILES string of the molecule is N#Cc1cc(CCl)c(I)c(C(F)(F)F)c1. The average Bonchev–Trinajstić information content (AvgIpc) is 2.16. The predicted molar refractivity (Wildman–Crippen MR) is 58.4 cm³/mol. The Morgan fingerprint density at radius 2 is 2.00 bits per heavy atom. The Morgan fingerprint density at radius 1 is 1.40 bits per heavy atom. The number of rotatable bonds is 1. The van der Waals surface area contributed by atoms with E-state index < -0.39 is 11.7 Å². The zero-order valence-corrected chi connectivity index (χ0v) is 10.1. The quantitative estimate of drug-likeness (QED) is 0.559. The van der Waals surface area contributed by atoms with Gasteiger partial charge in [0.05, 0.1) is 17.2 Å². The van der Waals surface area contributed by atoms with Gasteiger partial charge in [-0.1, -0.05) is 0 Å². The molecule has 0 aliphatic carbocycles. The topological polar surface area (TPSA) is 23.8 Å². The first-order chi connectivity index (χ1) is 6.90. The molecule has 0 fully saturated rings. The number of nitrogens with zero attached hydrogens (tertiary/aromatic N) is 1.